The Bertz CT molecular complexity index is 662. The number of anilines is 1. The monoisotopic (exact) mass is 273 g/mol. The fraction of sp³-hybridized carbons (Fsp3) is 0.214. The predicted molar refractivity (Wildman–Crippen MR) is 74.2 cm³/mol. The molecule has 2 N–H and O–H groups in total. The smallest absolute Gasteiger partial charge is 0.352 e. The van der Waals surface area contributed by atoms with E-state index in [1.54, 1.807) is 45.4 Å². The molecular weight excluding hydrogens is 258 g/mol. The number of pyridine rings is 1. The Morgan fingerprint density at radius 3 is 2.35 bits per heavy atom. The van der Waals surface area contributed by atoms with Crippen molar-refractivity contribution in [1.82, 2.24) is 9.97 Å². The highest BCUT2D eigenvalue weighted by molar-refractivity contribution is 6.09. The highest BCUT2D eigenvalue weighted by atomic mass is 16.4. The number of carbonyl (C=O) groups excluding carboxylic acids is 1. The van der Waals surface area contributed by atoms with Gasteiger partial charge >= 0.3 is 5.97 Å². The Kier molecular flexibility index (Phi) is 3.56. The highest BCUT2D eigenvalue weighted by Gasteiger charge is 2.24. The van der Waals surface area contributed by atoms with Crippen LogP contribution in [0.5, 0.6) is 0 Å². The fourth-order valence-electron chi connectivity index (χ4n) is 2.14. The molecule has 0 spiro atoms. The van der Waals surface area contributed by atoms with Gasteiger partial charge in [0.1, 0.15) is 5.69 Å². The van der Waals surface area contributed by atoms with Crippen LogP contribution in [0.3, 0.4) is 0 Å². The molecule has 0 atom stereocenters. The van der Waals surface area contributed by atoms with Crippen LogP contribution >= 0.6 is 0 Å². The van der Waals surface area contributed by atoms with Crippen molar-refractivity contribution < 1.29 is 14.7 Å². The van der Waals surface area contributed by atoms with Crippen molar-refractivity contribution in [1.29, 1.82) is 0 Å². The van der Waals surface area contributed by atoms with E-state index < -0.39 is 5.97 Å². The van der Waals surface area contributed by atoms with Crippen molar-refractivity contribution in [3.8, 4) is 0 Å². The molecule has 0 aliphatic rings. The van der Waals surface area contributed by atoms with Gasteiger partial charge < -0.3 is 15.0 Å². The van der Waals surface area contributed by atoms with Gasteiger partial charge in [-0.05, 0) is 31.5 Å². The lowest BCUT2D eigenvalue weighted by molar-refractivity contribution is 0.0690. The number of aryl methyl sites for hydroxylation is 1. The Balaban J connectivity index is 2.42. The van der Waals surface area contributed by atoms with Crippen LogP contribution in [0.4, 0.5) is 5.69 Å². The first kappa shape index (κ1) is 13.8. The summed E-state index contributed by atoms with van der Waals surface area (Å²) >= 11 is 0. The average molecular weight is 273 g/mol. The summed E-state index contributed by atoms with van der Waals surface area (Å²) in [7, 11) is 1.64. The van der Waals surface area contributed by atoms with Gasteiger partial charge in [0.25, 0.3) is 5.91 Å². The Morgan fingerprint density at radius 2 is 1.85 bits per heavy atom. The number of aromatic carboxylic acids is 1. The number of nitrogens with one attached hydrogen (secondary N) is 1. The molecule has 0 aromatic carbocycles. The number of amides is 1. The summed E-state index contributed by atoms with van der Waals surface area (Å²) in [4.78, 5) is 31.7. The maximum Gasteiger partial charge on any atom is 0.352 e. The molecule has 1 amide bonds. The molecule has 0 unspecified atom stereocenters. The van der Waals surface area contributed by atoms with E-state index >= 15 is 0 Å². The van der Waals surface area contributed by atoms with Crippen molar-refractivity contribution in [2.24, 2.45) is 0 Å². The van der Waals surface area contributed by atoms with Gasteiger partial charge in [0.05, 0.1) is 5.56 Å². The summed E-state index contributed by atoms with van der Waals surface area (Å²) in [5.74, 6) is -1.33. The van der Waals surface area contributed by atoms with Gasteiger partial charge in [-0.15, -0.1) is 0 Å². The van der Waals surface area contributed by atoms with Gasteiger partial charge in [-0.3, -0.25) is 9.78 Å². The first-order valence-corrected chi connectivity index (χ1v) is 6.04. The van der Waals surface area contributed by atoms with Crippen LogP contribution in [0, 0.1) is 13.8 Å². The van der Waals surface area contributed by atoms with E-state index in [2.05, 4.69) is 9.97 Å². The van der Waals surface area contributed by atoms with Crippen LogP contribution in [-0.2, 0) is 0 Å². The van der Waals surface area contributed by atoms with Gasteiger partial charge in [-0.25, -0.2) is 4.79 Å². The maximum absolute atomic E-state index is 12.5. The van der Waals surface area contributed by atoms with E-state index in [0.717, 1.165) is 0 Å². The third kappa shape index (κ3) is 2.27. The third-order valence-electron chi connectivity index (χ3n) is 3.22. The van der Waals surface area contributed by atoms with Crippen molar-refractivity contribution in [2.45, 2.75) is 13.8 Å². The maximum atomic E-state index is 12.5. The van der Waals surface area contributed by atoms with Crippen LogP contribution in [0.1, 0.15) is 32.1 Å². The summed E-state index contributed by atoms with van der Waals surface area (Å²) in [6, 6.07) is 3.43. The van der Waals surface area contributed by atoms with Gasteiger partial charge in [0.15, 0.2) is 0 Å². The fourth-order valence-corrected chi connectivity index (χ4v) is 2.14. The number of H-pyrrole nitrogens is 1. The van der Waals surface area contributed by atoms with Gasteiger partial charge in [0.2, 0.25) is 0 Å². The van der Waals surface area contributed by atoms with Crippen LogP contribution < -0.4 is 4.90 Å². The molecule has 6 heteroatoms. The number of hydrogen-bond donors (Lipinski definition) is 2. The molecule has 2 rings (SSSR count). The molecule has 0 aliphatic heterocycles. The summed E-state index contributed by atoms with van der Waals surface area (Å²) < 4.78 is 0. The first-order valence-electron chi connectivity index (χ1n) is 6.04. The van der Waals surface area contributed by atoms with Crippen molar-refractivity contribution in [3.63, 3.8) is 0 Å². The molecule has 20 heavy (non-hydrogen) atoms. The molecule has 2 aromatic rings. The molecule has 0 radical (unpaired) electrons. The summed E-state index contributed by atoms with van der Waals surface area (Å²) in [6.45, 7) is 3.31. The highest BCUT2D eigenvalue weighted by Crippen LogP contribution is 2.22. The minimum Gasteiger partial charge on any atom is -0.477 e. The second-order valence-electron chi connectivity index (χ2n) is 4.50. The van der Waals surface area contributed by atoms with E-state index in [1.807, 2.05) is 0 Å². The number of carboxylic acids is 1. The first-order chi connectivity index (χ1) is 9.43. The third-order valence-corrected chi connectivity index (χ3v) is 3.22. The largest absolute Gasteiger partial charge is 0.477 e. The van der Waals surface area contributed by atoms with Gasteiger partial charge in [-0.1, -0.05) is 0 Å². The van der Waals surface area contributed by atoms with E-state index in [-0.39, 0.29) is 11.6 Å². The summed E-state index contributed by atoms with van der Waals surface area (Å²) in [5.41, 5.74) is 2.13. The quantitative estimate of drug-likeness (QED) is 0.895. The Hall–Kier alpha value is -2.63. The van der Waals surface area contributed by atoms with Gasteiger partial charge in [-0.2, -0.15) is 0 Å². The molecule has 0 saturated heterocycles. The molecule has 0 fully saturated rings. The zero-order valence-corrected chi connectivity index (χ0v) is 11.5. The van der Waals surface area contributed by atoms with Crippen LogP contribution in [-0.4, -0.2) is 34.0 Å². The molecular formula is C14H15N3O3. The normalized spacial score (nSPS) is 10.3. The Labute approximate surface area is 116 Å². The van der Waals surface area contributed by atoms with Crippen molar-refractivity contribution >= 4 is 17.6 Å². The van der Waals surface area contributed by atoms with Crippen LogP contribution in [0.15, 0.2) is 24.5 Å². The van der Waals surface area contributed by atoms with E-state index in [4.69, 9.17) is 5.11 Å². The van der Waals surface area contributed by atoms with E-state index in [1.165, 1.54) is 4.90 Å². The van der Waals surface area contributed by atoms with E-state index in [0.29, 0.717) is 22.5 Å². The molecule has 0 bridgehead atoms. The van der Waals surface area contributed by atoms with E-state index in [9.17, 15) is 9.59 Å². The topological polar surface area (TPSA) is 86.3 Å². The molecule has 104 valence electrons. The lowest BCUT2D eigenvalue weighted by Gasteiger charge is -2.17. The predicted octanol–water partition coefficient (Wildman–Crippen LogP) is 2.00. The van der Waals surface area contributed by atoms with Crippen LogP contribution in [0.25, 0.3) is 0 Å². The number of aromatic nitrogens is 2. The SMILES string of the molecule is Cc1[nH]c(C(=O)O)c(C)c1C(=O)N(C)c1ccncc1. The second-order valence-corrected chi connectivity index (χ2v) is 4.50. The number of rotatable bonds is 3. The number of aromatic amines is 1. The molecule has 0 saturated carbocycles. The molecule has 2 aromatic heterocycles. The number of hydrogen-bond acceptors (Lipinski definition) is 3. The lowest BCUT2D eigenvalue weighted by atomic mass is 10.1. The molecule has 6 nitrogen and oxygen atoms in total. The number of carbonyl (C=O) groups is 2. The van der Waals surface area contributed by atoms with Gasteiger partial charge in [0, 0.05) is 30.8 Å². The zero-order valence-electron chi connectivity index (χ0n) is 11.5. The molecule has 2 heterocycles. The summed E-state index contributed by atoms with van der Waals surface area (Å²) in [5, 5.41) is 9.08. The zero-order chi connectivity index (χ0) is 14.9. The lowest BCUT2D eigenvalue weighted by Crippen LogP contribution is -2.27. The average Bonchev–Trinajstić information content (AvgIpc) is 2.73. The standard InChI is InChI=1S/C14H15N3O3/c1-8-11(9(2)16-12(8)14(19)20)13(18)17(3)10-4-6-15-7-5-10/h4-7,16H,1-3H3,(H,19,20). The number of carboxylic acid groups (broad SMARTS) is 1. The van der Waals surface area contributed by atoms with Crippen LogP contribution in [0.2, 0.25) is 0 Å². The minimum absolute atomic E-state index is 0.0500. The summed E-state index contributed by atoms with van der Waals surface area (Å²) in [6.07, 6.45) is 3.19. The van der Waals surface area contributed by atoms with Crippen molar-refractivity contribution in [2.75, 3.05) is 11.9 Å². The van der Waals surface area contributed by atoms with Crippen molar-refractivity contribution in [3.05, 3.63) is 47.0 Å². The Morgan fingerprint density at radius 1 is 1.25 bits per heavy atom. The minimum atomic E-state index is -1.07. The second kappa shape index (κ2) is 5.16. The number of nitrogens with zero attached hydrogens (tertiary/aromatic N) is 2. The molecule has 0 aliphatic carbocycles.